The highest BCUT2D eigenvalue weighted by Gasteiger charge is 2.14. The van der Waals surface area contributed by atoms with Gasteiger partial charge in [0.2, 0.25) is 0 Å². The molecular weight excluding hydrogens is 330 g/mol. The van der Waals surface area contributed by atoms with Gasteiger partial charge in [-0.3, -0.25) is 0 Å². The van der Waals surface area contributed by atoms with E-state index in [1.54, 1.807) is 37.2 Å². The van der Waals surface area contributed by atoms with E-state index in [4.69, 9.17) is 27.2 Å². The zero-order valence-corrected chi connectivity index (χ0v) is 13.8. The maximum atomic E-state index is 11.2. The molecule has 0 unspecified atom stereocenters. The first-order valence-electron chi connectivity index (χ1n) is 6.90. The average Bonchev–Trinajstić information content (AvgIpc) is 2.54. The Morgan fingerprint density at radius 1 is 0.958 bits per heavy atom. The molecule has 0 fully saturated rings. The molecule has 0 saturated heterocycles. The van der Waals surface area contributed by atoms with Gasteiger partial charge in [0.1, 0.15) is 5.75 Å². The number of ether oxygens (including phenoxy) is 1. The van der Waals surface area contributed by atoms with Crippen LogP contribution in [0.4, 0.5) is 0 Å². The van der Waals surface area contributed by atoms with Crippen molar-refractivity contribution < 1.29 is 24.5 Å². The fraction of sp³-hybridized carbons (Fsp3) is 0.118. The number of benzene rings is 2. The van der Waals surface area contributed by atoms with Crippen LogP contribution in [0.15, 0.2) is 42.5 Å². The van der Waals surface area contributed by atoms with E-state index in [1.165, 1.54) is 24.3 Å². The van der Waals surface area contributed by atoms with Crippen molar-refractivity contribution in [1.29, 1.82) is 0 Å². The summed E-state index contributed by atoms with van der Waals surface area (Å²) < 4.78 is 5.61. The van der Waals surface area contributed by atoms with Gasteiger partial charge in [0.15, 0.2) is 0 Å². The van der Waals surface area contributed by atoms with Crippen molar-refractivity contribution in [2.45, 2.75) is 0 Å². The number of hydrogen-bond donors (Lipinski definition) is 2. The monoisotopic (exact) mass is 345 g/mol. The van der Waals surface area contributed by atoms with Crippen LogP contribution < -0.4 is 4.74 Å². The predicted octanol–water partition coefficient (Wildman–Crippen LogP) is 2.98. The second kappa shape index (κ2) is 7.10. The molecule has 0 aliphatic heterocycles. The number of aromatic carboxylic acids is 2. The van der Waals surface area contributed by atoms with E-state index in [-0.39, 0.29) is 22.1 Å². The van der Waals surface area contributed by atoms with Crippen molar-refractivity contribution in [2.75, 3.05) is 14.1 Å². The normalized spacial score (nSPS) is 10.1. The largest absolute Gasteiger partial charge is 0.478 e. The lowest BCUT2D eigenvalue weighted by Gasteiger charge is -2.17. The van der Waals surface area contributed by atoms with E-state index in [2.05, 4.69) is 0 Å². The molecular formula is C17H15NO5S. The number of hydrogen-bond acceptors (Lipinski definition) is 4. The van der Waals surface area contributed by atoms with Crippen molar-refractivity contribution in [3.05, 3.63) is 53.6 Å². The number of thiocarbonyl (C=S) groups is 1. The first kappa shape index (κ1) is 17.4. The van der Waals surface area contributed by atoms with Gasteiger partial charge >= 0.3 is 11.9 Å². The molecule has 2 rings (SSSR count). The molecule has 2 aromatic rings. The lowest BCUT2D eigenvalue weighted by molar-refractivity contribution is 0.0686. The lowest BCUT2D eigenvalue weighted by atomic mass is 10.0. The summed E-state index contributed by atoms with van der Waals surface area (Å²) in [6.07, 6.45) is 0. The molecule has 0 bridgehead atoms. The summed E-state index contributed by atoms with van der Waals surface area (Å²) in [7, 11) is 3.43. The van der Waals surface area contributed by atoms with Gasteiger partial charge in [-0.25, -0.2) is 9.59 Å². The number of rotatable bonds is 4. The van der Waals surface area contributed by atoms with Gasteiger partial charge in [-0.1, -0.05) is 12.1 Å². The van der Waals surface area contributed by atoms with Crippen LogP contribution in [0, 0.1) is 0 Å². The van der Waals surface area contributed by atoms with Crippen molar-refractivity contribution in [2.24, 2.45) is 0 Å². The number of carbonyl (C=O) groups is 2. The summed E-state index contributed by atoms with van der Waals surface area (Å²) in [4.78, 5) is 23.7. The highest BCUT2D eigenvalue weighted by atomic mass is 32.1. The van der Waals surface area contributed by atoms with Crippen molar-refractivity contribution in [3.8, 4) is 16.9 Å². The van der Waals surface area contributed by atoms with Gasteiger partial charge in [-0.15, -0.1) is 0 Å². The zero-order chi connectivity index (χ0) is 17.9. The summed E-state index contributed by atoms with van der Waals surface area (Å²) in [6, 6.07) is 10.6. The molecule has 0 aromatic heterocycles. The molecule has 124 valence electrons. The highest BCUT2D eigenvalue weighted by Crippen LogP contribution is 2.32. The molecule has 24 heavy (non-hydrogen) atoms. The lowest BCUT2D eigenvalue weighted by Crippen LogP contribution is -2.25. The van der Waals surface area contributed by atoms with Crippen molar-refractivity contribution in [3.63, 3.8) is 0 Å². The van der Waals surface area contributed by atoms with Gasteiger partial charge < -0.3 is 19.8 Å². The first-order valence-corrected chi connectivity index (χ1v) is 7.30. The third-order valence-corrected chi connectivity index (χ3v) is 3.68. The molecule has 0 spiro atoms. The zero-order valence-electron chi connectivity index (χ0n) is 13.0. The third kappa shape index (κ3) is 3.88. The molecule has 0 heterocycles. The minimum atomic E-state index is -1.08. The Morgan fingerprint density at radius 2 is 1.50 bits per heavy atom. The Hall–Kier alpha value is -2.93. The summed E-state index contributed by atoms with van der Waals surface area (Å²) in [5.41, 5.74) is 1.53. The molecule has 0 atom stereocenters. The van der Waals surface area contributed by atoms with Crippen molar-refractivity contribution >= 4 is 29.3 Å². The molecule has 2 N–H and O–H groups in total. The Labute approximate surface area is 143 Å². The fourth-order valence-corrected chi connectivity index (χ4v) is 2.05. The molecule has 0 amide bonds. The van der Waals surface area contributed by atoms with E-state index in [1.807, 2.05) is 0 Å². The number of carboxylic acid groups (broad SMARTS) is 2. The van der Waals surface area contributed by atoms with Crippen LogP contribution >= 0.6 is 12.2 Å². The van der Waals surface area contributed by atoms with Gasteiger partial charge in [0.25, 0.3) is 5.17 Å². The Bertz CT molecular complexity index is 799. The quantitative estimate of drug-likeness (QED) is 0.824. The van der Waals surface area contributed by atoms with Crippen LogP contribution in [0.2, 0.25) is 0 Å². The van der Waals surface area contributed by atoms with E-state index in [0.29, 0.717) is 11.1 Å². The summed E-state index contributed by atoms with van der Waals surface area (Å²) in [5, 5.41) is 18.3. The predicted molar refractivity (Wildman–Crippen MR) is 92.7 cm³/mol. The topological polar surface area (TPSA) is 87.1 Å². The smallest absolute Gasteiger partial charge is 0.335 e. The van der Waals surface area contributed by atoms with E-state index in [9.17, 15) is 9.59 Å². The molecule has 2 aromatic carbocycles. The van der Waals surface area contributed by atoms with E-state index < -0.39 is 11.9 Å². The number of nitrogens with zero attached hydrogens (tertiary/aromatic N) is 1. The van der Waals surface area contributed by atoms with Crippen LogP contribution in [0.25, 0.3) is 11.1 Å². The minimum Gasteiger partial charge on any atom is -0.478 e. The Morgan fingerprint density at radius 3 is 2.00 bits per heavy atom. The van der Waals surface area contributed by atoms with Crippen LogP contribution in [0.1, 0.15) is 20.7 Å². The van der Waals surface area contributed by atoms with Gasteiger partial charge in [0, 0.05) is 19.7 Å². The number of carboxylic acids is 2. The second-order valence-corrected chi connectivity index (χ2v) is 5.51. The maximum Gasteiger partial charge on any atom is 0.335 e. The van der Waals surface area contributed by atoms with Gasteiger partial charge in [-0.2, -0.15) is 0 Å². The second-order valence-electron chi connectivity index (χ2n) is 5.16. The highest BCUT2D eigenvalue weighted by molar-refractivity contribution is 7.80. The Kier molecular flexibility index (Phi) is 5.15. The average molecular weight is 345 g/mol. The molecule has 6 nitrogen and oxygen atoms in total. The van der Waals surface area contributed by atoms with Gasteiger partial charge in [-0.05, 0) is 48.1 Å². The Balaban J connectivity index is 2.49. The molecule has 7 heteroatoms. The summed E-state index contributed by atoms with van der Waals surface area (Å²) >= 11 is 5.11. The first-order chi connectivity index (χ1) is 11.3. The molecule has 0 radical (unpaired) electrons. The van der Waals surface area contributed by atoms with E-state index in [0.717, 1.165) is 0 Å². The SMILES string of the molecule is CN(C)C(=S)Oc1cc(C(=O)O)ccc1-c1ccc(C(=O)O)cc1. The summed E-state index contributed by atoms with van der Waals surface area (Å²) in [6.45, 7) is 0. The van der Waals surface area contributed by atoms with E-state index >= 15 is 0 Å². The molecule has 0 saturated carbocycles. The fourth-order valence-electron chi connectivity index (χ4n) is 1.96. The molecule has 0 aliphatic carbocycles. The van der Waals surface area contributed by atoms with Crippen LogP contribution in [-0.4, -0.2) is 46.3 Å². The molecule has 0 aliphatic rings. The van der Waals surface area contributed by atoms with Crippen LogP contribution in [-0.2, 0) is 0 Å². The van der Waals surface area contributed by atoms with Crippen LogP contribution in [0.3, 0.4) is 0 Å². The van der Waals surface area contributed by atoms with Crippen molar-refractivity contribution in [1.82, 2.24) is 4.90 Å². The van der Waals surface area contributed by atoms with Gasteiger partial charge in [0.05, 0.1) is 11.1 Å². The maximum absolute atomic E-state index is 11.2. The standard InChI is InChI=1S/C17H15NO5S/c1-18(2)17(24)23-14-9-12(16(21)22)7-8-13(14)10-3-5-11(6-4-10)15(19)20/h3-9H,1-2H3,(H,19,20)(H,21,22). The third-order valence-electron chi connectivity index (χ3n) is 3.23. The van der Waals surface area contributed by atoms with Crippen LogP contribution in [0.5, 0.6) is 5.75 Å². The summed E-state index contributed by atoms with van der Waals surface area (Å²) in [5.74, 6) is -1.81. The minimum absolute atomic E-state index is 0.0671.